The van der Waals surface area contributed by atoms with Crippen molar-refractivity contribution in [1.29, 1.82) is 0 Å². The molecule has 0 fully saturated rings. The fourth-order valence-corrected chi connectivity index (χ4v) is 4.49. The predicted octanol–water partition coefficient (Wildman–Crippen LogP) is 4.00. The highest BCUT2D eigenvalue weighted by molar-refractivity contribution is 14.1. The van der Waals surface area contributed by atoms with E-state index in [0.29, 0.717) is 19.5 Å². The van der Waals surface area contributed by atoms with Crippen molar-refractivity contribution in [3.8, 4) is 5.75 Å². The SMILES string of the molecule is CCc1nc(I)c2n1CCN(C(=O)O)C2CCc1cc(F)c(OC)cc1F. The van der Waals surface area contributed by atoms with Crippen LogP contribution in [0.5, 0.6) is 5.75 Å². The van der Waals surface area contributed by atoms with E-state index in [0.717, 1.165) is 33.8 Å². The summed E-state index contributed by atoms with van der Waals surface area (Å²) in [5.41, 5.74) is 1.02. The molecule has 27 heavy (non-hydrogen) atoms. The number of hydrogen-bond acceptors (Lipinski definition) is 3. The van der Waals surface area contributed by atoms with Crippen LogP contribution in [0, 0.1) is 15.3 Å². The zero-order chi connectivity index (χ0) is 19.7. The lowest BCUT2D eigenvalue weighted by Gasteiger charge is -2.35. The number of rotatable bonds is 5. The average molecular weight is 491 g/mol. The van der Waals surface area contributed by atoms with Crippen molar-refractivity contribution in [2.24, 2.45) is 0 Å². The van der Waals surface area contributed by atoms with Gasteiger partial charge in [0.15, 0.2) is 11.6 Å². The van der Waals surface area contributed by atoms with Crippen molar-refractivity contribution in [3.63, 3.8) is 0 Å². The Hall–Kier alpha value is -1.91. The van der Waals surface area contributed by atoms with Gasteiger partial charge < -0.3 is 14.4 Å². The lowest BCUT2D eigenvalue weighted by atomic mass is 10.00. The lowest BCUT2D eigenvalue weighted by Crippen LogP contribution is -2.42. The second-order valence-corrected chi connectivity index (χ2v) is 7.34. The van der Waals surface area contributed by atoms with E-state index in [9.17, 15) is 18.7 Å². The fourth-order valence-electron chi connectivity index (χ4n) is 3.56. The van der Waals surface area contributed by atoms with Gasteiger partial charge in [0.1, 0.15) is 15.3 Å². The van der Waals surface area contributed by atoms with Gasteiger partial charge in [-0.1, -0.05) is 6.92 Å². The normalized spacial score (nSPS) is 16.3. The van der Waals surface area contributed by atoms with Crippen LogP contribution in [0.15, 0.2) is 12.1 Å². The Labute approximate surface area is 169 Å². The van der Waals surface area contributed by atoms with Gasteiger partial charge in [-0.05, 0) is 47.1 Å². The van der Waals surface area contributed by atoms with Crippen LogP contribution in [-0.4, -0.2) is 39.3 Å². The molecule has 1 atom stereocenters. The third-order valence-corrected chi connectivity index (χ3v) is 5.66. The van der Waals surface area contributed by atoms with Gasteiger partial charge in [0.2, 0.25) is 0 Å². The molecule has 0 spiro atoms. The molecular formula is C18H20F2IN3O3. The van der Waals surface area contributed by atoms with Crippen LogP contribution in [0.25, 0.3) is 0 Å². The number of carbonyl (C=O) groups is 1. The molecule has 0 saturated carbocycles. The molecule has 1 unspecified atom stereocenters. The lowest BCUT2D eigenvalue weighted by molar-refractivity contribution is 0.106. The van der Waals surface area contributed by atoms with Crippen LogP contribution < -0.4 is 4.74 Å². The molecular weight excluding hydrogens is 471 g/mol. The summed E-state index contributed by atoms with van der Waals surface area (Å²) in [4.78, 5) is 17.6. The number of nitrogens with zero attached hydrogens (tertiary/aromatic N) is 3. The minimum Gasteiger partial charge on any atom is -0.494 e. The number of aryl methyl sites for hydroxylation is 2. The van der Waals surface area contributed by atoms with Crippen LogP contribution in [0.4, 0.5) is 13.6 Å². The summed E-state index contributed by atoms with van der Waals surface area (Å²) in [5.74, 6) is -0.448. The Morgan fingerprint density at radius 2 is 2.11 bits per heavy atom. The molecule has 1 aliphatic rings. The average Bonchev–Trinajstić information content (AvgIpc) is 2.97. The van der Waals surface area contributed by atoms with Crippen molar-refractivity contribution in [3.05, 3.63) is 44.5 Å². The number of aromatic nitrogens is 2. The molecule has 0 radical (unpaired) electrons. The van der Waals surface area contributed by atoms with E-state index in [4.69, 9.17) is 4.74 Å². The number of hydrogen-bond donors (Lipinski definition) is 1. The van der Waals surface area contributed by atoms with E-state index in [2.05, 4.69) is 32.1 Å². The number of amides is 1. The first-order valence-corrected chi connectivity index (χ1v) is 9.71. The van der Waals surface area contributed by atoms with Gasteiger partial charge in [-0.15, -0.1) is 0 Å². The van der Waals surface area contributed by atoms with Crippen molar-refractivity contribution < 1.29 is 23.4 Å². The number of carboxylic acid groups (broad SMARTS) is 1. The summed E-state index contributed by atoms with van der Waals surface area (Å²) in [6, 6.07) is 1.67. The smallest absolute Gasteiger partial charge is 0.407 e. The third kappa shape index (κ3) is 3.74. The van der Waals surface area contributed by atoms with E-state index < -0.39 is 23.8 Å². The molecule has 2 heterocycles. The largest absolute Gasteiger partial charge is 0.494 e. The minimum atomic E-state index is -1.03. The van der Waals surface area contributed by atoms with Crippen LogP contribution in [0.1, 0.15) is 36.5 Å². The minimum absolute atomic E-state index is 0.152. The van der Waals surface area contributed by atoms with Crippen molar-refractivity contribution in [2.45, 2.75) is 38.8 Å². The van der Waals surface area contributed by atoms with Crippen LogP contribution in [-0.2, 0) is 19.4 Å². The molecule has 1 aliphatic heterocycles. The Morgan fingerprint density at radius 1 is 1.37 bits per heavy atom. The number of halogens is 3. The maximum Gasteiger partial charge on any atom is 0.407 e. The number of imidazole rings is 1. The highest BCUT2D eigenvalue weighted by Crippen LogP contribution is 2.34. The first kappa shape index (κ1) is 19.8. The number of fused-ring (bicyclic) bond motifs is 1. The number of methoxy groups -OCH3 is 1. The number of ether oxygens (including phenoxy) is 1. The molecule has 1 aromatic carbocycles. The summed E-state index contributed by atoms with van der Waals surface area (Å²) in [6.45, 7) is 2.88. The van der Waals surface area contributed by atoms with Gasteiger partial charge in [-0.3, -0.25) is 4.90 Å². The fraction of sp³-hybridized carbons (Fsp3) is 0.444. The van der Waals surface area contributed by atoms with Gasteiger partial charge in [0.25, 0.3) is 0 Å². The molecule has 0 bridgehead atoms. The molecule has 1 aromatic heterocycles. The summed E-state index contributed by atoms with van der Waals surface area (Å²) >= 11 is 2.11. The molecule has 6 nitrogen and oxygen atoms in total. The summed E-state index contributed by atoms with van der Waals surface area (Å²) in [7, 11) is 1.28. The maximum absolute atomic E-state index is 14.3. The summed E-state index contributed by atoms with van der Waals surface area (Å²) in [6.07, 6.45) is 0.250. The van der Waals surface area contributed by atoms with Gasteiger partial charge in [-0.2, -0.15) is 0 Å². The third-order valence-electron chi connectivity index (χ3n) is 4.87. The molecule has 0 saturated heterocycles. The van der Waals surface area contributed by atoms with E-state index in [1.807, 2.05) is 6.92 Å². The summed E-state index contributed by atoms with van der Waals surface area (Å²) in [5, 5.41) is 9.60. The Balaban J connectivity index is 1.91. The second kappa shape index (κ2) is 7.99. The van der Waals surface area contributed by atoms with Crippen LogP contribution >= 0.6 is 22.6 Å². The Kier molecular flexibility index (Phi) is 5.87. The first-order valence-electron chi connectivity index (χ1n) is 8.63. The van der Waals surface area contributed by atoms with E-state index >= 15 is 0 Å². The Bertz CT molecular complexity index is 872. The van der Waals surface area contributed by atoms with E-state index in [-0.39, 0.29) is 17.7 Å². The monoisotopic (exact) mass is 491 g/mol. The quantitative estimate of drug-likeness (QED) is 0.643. The molecule has 1 amide bonds. The molecule has 1 N–H and O–H groups in total. The van der Waals surface area contributed by atoms with Crippen LogP contribution in [0.3, 0.4) is 0 Å². The second-order valence-electron chi connectivity index (χ2n) is 6.32. The predicted molar refractivity (Wildman–Crippen MR) is 103 cm³/mol. The Morgan fingerprint density at radius 3 is 2.74 bits per heavy atom. The highest BCUT2D eigenvalue weighted by atomic mass is 127. The van der Waals surface area contributed by atoms with E-state index in [1.165, 1.54) is 12.0 Å². The molecule has 9 heteroatoms. The van der Waals surface area contributed by atoms with Crippen molar-refractivity contribution in [1.82, 2.24) is 14.5 Å². The van der Waals surface area contributed by atoms with Gasteiger partial charge in [-0.25, -0.2) is 18.6 Å². The van der Waals surface area contributed by atoms with Crippen molar-refractivity contribution in [2.75, 3.05) is 13.7 Å². The zero-order valence-electron chi connectivity index (χ0n) is 15.0. The van der Waals surface area contributed by atoms with Gasteiger partial charge in [0, 0.05) is 25.6 Å². The summed E-state index contributed by atoms with van der Waals surface area (Å²) < 4.78 is 35.8. The molecule has 3 rings (SSSR count). The standard InChI is InChI=1S/C18H20F2IN3O3/c1-3-15-22-17(21)16-13(23(18(25)26)6-7-24(15)16)5-4-10-8-12(20)14(27-2)9-11(10)19/h8-9,13H,3-7H2,1-2H3,(H,25,26). The van der Waals surface area contributed by atoms with Crippen LogP contribution in [0.2, 0.25) is 0 Å². The molecule has 146 valence electrons. The first-order chi connectivity index (χ1) is 12.9. The van der Waals surface area contributed by atoms with Crippen molar-refractivity contribution >= 4 is 28.7 Å². The zero-order valence-corrected chi connectivity index (χ0v) is 17.2. The topological polar surface area (TPSA) is 67.6 Å². The molecule has 0 aliphatic carbocycles. The van der Waals surface area contributed by atoms with Gasteiger partial charge in [0.05, 0.1) is 18.8 Å². The highest BCUT2D eigenvalue weighted by Gasteiger charge is 2.34. The number of benzene rings is 1. The molecule has 2 aromatic rings. The maximum atomic E-state index is 14.3. The van der Waals surface area contributed by atoms with Gasteiger partial charge >= 0.3 is 6.09 Å². The van der Waals surface area contributed by atoms with E-state index in [1.54, 1.807) is 0 Å².